The van der Waals surface area contributed by atoms with Crippen LogP contribution in [0.5, 0.6) is 0 Å². The van der Waals surface area contributed by atoms with Crippen molar-refractivity contribution in [3.63, 3.8) is 0 Å². The number of ether oxygens (including phenoxy) is 1. The number of esters is 1. The summed E-state index contributed by atoms with van der Waals surface area (Å²) < 4.78 is 7.56. The predicted octanol–water partition coefficient (Wildman–Crippen LogP) is -0.325. The third-order valence-electron chi connectivity index (χ3n) is 6.08. The predicted molar refractivity (Wildman–Crippen MR) is 92.4 cm³/mol. The first-order valence-corrected chi connectivity index (χ1v) is 8.95. The maximum atomic E-state index is 12.9. The Balaban J connectivity index is 1.68. The van der Waals surface area contributed by atoms with Crippen LogP contribution in [0, 0.1) is 23.7 Å². The molecule has 1 aliphatic heterocycles. The van der Waals surface area contributed by atoms with E-state index in [4.69, 9.17) is 10.5 Å². The van der Waals surface area contributed by atoms with Crippen LogP contribution in [0.1, 0.15) is 26.2 Å². The van der Waals surface area contributed by atoms with E-state index in [9.17, 15) is 19.2 Å². The van der Waals surface area contributed by atoms with E-state index in [1.807, 2.05) is 6.92 Å². The van der Waals surface area contributed by atoms with Crippen LogP contribution in [-0.2, 0) is 27.9 Å². The van der Waals surface area contributed by atoms with E-state index in [2.05, 4.69) is 5.32 Å². The fourth-order valence-corrected chi connectivity index (χ4v) is 4.89. The molecule has 9 heteroatoms. The van der Waals surface area contributed by atoms with Crippen LogP contribution in [0.4, 0.5) is 11.5 Å². The summed E-state index contributed by atoms with van der Waals surface area (Å²) in [6.45, 7) is 2.08. The van der Waals surface area contributed by atoms with Crippen LogP contribution in [0.2, 0.25) is 0 Å². The minimum Gasteiger partial charge on any atom is -0.462 e. The summed E-state index contributed by atoms with van der Waals surface area (Å²) in [5.74, 6) is -1.59. The van der Waals surface area contributed by atoms with E-state index in [-0.39, 0.29) is 42.0 Å². The van der Waals surface area contributed by atoms with Gasteiger partial charge in [0, 0.05) is 19.5 Å². The van der Waals surface area contributed by atoms with Crippen LogP contribution in [-0.4, -0.2) is 27.1 Å². The quantitative estimate of drug-likeness (QED) is 0.707. The normalized spacial score (nSPS) is 31.3. The van der Waals surface area contributed by atoms with Crippen molar-refractivity contribution in [2.24, 2.45) is 30.7 Å². The lowest BCUT2D eigenvalue weighted by Gasteiger charge is -2.24. The summed E-state index contributed by atoms with van der Waals surface area (Å²) in [4.78, 5) is 49.9. The van der Waals surface area contributed by atoms with Gasteiger partial charge in [-0.15, -0.1) is 0 Å². The van der Waals surface area contributed by atoms with Gasteiger partial charge in [0.15, 0.2) is 0 Å². The summed E-state index contributed by atoms with van der Waals surface area (Å²) >= 11 is 0. The molecule has 1 aromatic rings. The van der Waals surface area contributed by atoms with Crippen molar-refractivity contribution in [1.82, 2.24) is 9.13 Å². The summed E-state index contributed by atoms with van der Waals surface area (Å²) in [5.41, 5.74) is 4.68. The summed E-state index contributed by atoms with van der Waals surface area (Å²) in [6, 6.07) is 0. The highest BCUT2D eigenvalue weighted by Gasteiger charge is 2.64. The molecule has 0 radical (unpaired) electrons. The average Bonchev–Trinajstić information content (AvgIpc) is 3.22. The van der Waals surface area contributed by atoms with Gasteiger partial charge in [0.25, 0.3) is 5.56 Å². The van der Waals surface area contributed by atoms with E-state index in [1.165, 1.54) is 7.05 Å². The molecule has 5 unspecified atom stereocenters. The van der Waals surface area contributed by atoms with E-state index in [1.54, 1.807) is 0 Å². The second-order valence-corrected chi connectivity index (χ2v) is 7.47. The lowest BCUT2D eigenvalue weighted by molar-refractivity contribution is -0.145. The van der Waals surface area contributed by atoms with Gasteiger partial charge >= 0.3 is 11.7 Å². The van der Waals surface area contributed by atoms with Crippen molar-refractivity contribution in [1.29, 1.82) is 0 Å². The molecule has 0 spiro atoms. The Bertz CT molecular complexity index is 915. The number of hydrogen-bond acceptors (Lipinski definition) is 6. The second-order valence-electron chi connectivity index (χ2n) is 7.47. The van der Waals surface area contributed by atoms with Crippen LogP contribution in [0.15, 0.2) is 9.59 Å². The van der Waals surface area contributed by atoms with E-state index in [0.29, 0.717) is 12.8 Å². The van der Waals surface area contributed by atoms with Gasteiger partial charge in [-0.25, -0.2) is 4.79 Å². The Morgan fingerprint density at radius 2 is 2.04 bits per heavy atom. The van der Waals surface area contributed by atoms with E-state index >= 15 is 0 Å². The van der Waals surface area contributed by atoms with Gasteiger partial charge in [-0.05, 0) is 25.2 Å². The molecule has 2 aliphatic carbocycles. The Labute approximate surface area is 149 Å². The summed E-state index contributed by atoms with van der Waals surface area (Å²) in [6.07, 6.45) is 2.01. The number of rotatable bonds is 4. The molecule has 1 aromatic heterocycles. The van der Waals surface area contributed by atoms with Crippen LogP contribution in [0.25, 0.3) is 0 Å². The van der Waals surface area contributed by atoms with Gasteiger partial charge in [0.05, 0.1) is 11.8 Å². The molecule has 3 aliphatic rings. The smallest absolute Gasteiger partial charge is 0.332 e. The number of amides is 1. The number of nitrogens with two attached hydrogens (primary N) is 1. The van der Waals surface area contributed by atoms with Crippen LogP contribution < -0.4 is 22.3 Å². The number of nitrogens with zero attached hydrogens (tertiary/aromatic N) is 2. The third-order valence-corrected chi connectivity index (χ3v) is 6.08. The number of fused-ring (bicyclic) bond motifs is 1. The largest absolute Gasteiger partial charge is 0.462 e. The van der Waals surface area contributed by atoms with Gasteiger partial charge in [-0.2, -0.15) is 0 Å². The fraction of sp³-hybridized carbons (Fsp3) is 0.647. The molecule has 140 valence electrons. The van der Waals surface area contributed by atoms with Crippen LogP contribution >= 0.6 is 0 Å². The minimum atomic E-state index is -0.615. The molecule has 26 heavy (non-hydrogen) atoms. The molecule has 3 N–H and O–H groups in total. The van der Waals surface area contributed by atoms with Gasteiger partial charge in [-0.3, -0.25) is 23.5 Å². The number of aromatic nitrogens is 2. The fourth-order valence-electron chi connectivity index (χ4n) is 4.89. The lowest BCUT2D eigenvalue weighted by Crippen LogP contribution is -2.43. The molecule has 1 saturated heterocycles. The molecule has 4 rings (SSSR count). The molecule has 1 amide bonds. The number of carbonyl (C=O) groups is 2. The standard InChI is InChI=1S/C17H22N4O5/c1-3-4-21-15(23)12(13(18)20(2)17(21)25)19-14(22)10-7-5-8-9(6-7)26-16(24)11(8)10/h7-11H,3-6,18H2,1-2H3,(H,19,22). The molecule has 2 heterocycles. The number of anilines is 2. The maximum absolute atomic E-state index is 12.9. The van der Waals surface area contributed by atoms with Crippen LogP contribution in [0.3, 0.4) is 0 Å². The van der Waals surface area contributed by atoms with Crippen molar-refractivity contribution in [2.75, 3.05) is 11.1 Å². The van der Waals surface area contributed by atoms with Crippen molar-refractivity contribution in [3.05, 3.63) is 20.8 Å². The molecule has 3 fully saturated rings. The number of carbonyl (C=O) groups excluding carboxylic acids is 2. The molecular weight excluding hydrogens is 340 g/mol. The van der Waals surface area contributed by atoms with E-state index in [0.717, 1.165) is 15.6 Å². The van der Waals surface area contributed by atoms with Gasteiger partial charge in [0.1, 0.15) is 17.6 Å². The van der Waals surface area contributed by atoms with Gasteiger partial charge in [-0.1, -0.05) is 6.92 Å². The first kappa shape index (κ1) is 16.9. The molecular formula is C17H22N4O5. The van der Waals surface area contributed by atoms with Gasteiger partial charge in [0.2, 0.25) is 5.91 Å². The van der Waals surface area contributed by atoms with Crippen molar-refractivity contribution < 1.29 is 14.3 Å². The topological polar surface area (TPSA) is 125 Å². The Morgan fingerprint density at radius 3 is 2.73 bits per heavy atom. The zero-order valence-corrected chi connectivity index (χ0v) is 14.7. The van der Waals surface area contributed by atoms with Crippen molar-refractivity contribution in [3.8, 4) is 0 Å². The molecule has 9 nitrogen and oxygen atoms in total. The molecule has 5 atom stereocenters. The Morgan fingerprint density at radius 1 is 1.31 bits per heavy atom. The first-order chi connectivity index (χ1) is 12.3. The Hall–Kier alpha value is -2.58. The molecule has 2 bridgehead atoms. The Kier molecular flexibility index (Phi) is 3.71. The zero-order valence-electron chi connectivity index (χ0n) is 14.7. The van der Waals surface area contributed by atoms with E-state index < -0.39 is 29.0 Å². The van der Waals surface area contributed by atoms with Crippen molar-refractivity contribution >= 4 is 23.4 Å². The zero-order chi connectivity index (χ0) is 18.7. The third kappa shape index (κ3) is 2.15. The van der Waals surface area contributed by atoms with Crippen molar-refractivity contribution in [2.45, 2.75) is 38.8 Å². The monoisotopic (exact) mass is 362 g/mol. The minimum absolute atomic E-state index is 0.0639. The lowest BCUT2D eigenvalue weighted by atomic mass is 9.79. The molecule has 0 aromatic carbocycles. The second kappa shape index (κ2) is 5.72. The summed E-state index contributed by atoms with van der Waals surface area (Å²) in [7, 11) is 1.45. The highest BCUT2D eigenvalue weighted by molar-refractivity contribution is 5.98. The highest BCUT2D eigenvalue weighted by Crippen LogP contribution is 2.57. The molecule has 2 saturated carbocycles. The highest BCUT2D eigenvalue weighted by atomic mass is 16.6. The number of nitrogen functional groups attached to an aromatic ring is 1. The van der Waals surface area contributed by atoms with Gasteiger partial charge < -0.3 is 15.8 Å². The first-order valence-electron chi connectivity index (χ1n) is 8.95. The number of hydrogen-bond donors (Lipinski definition) is 2. The summed E-state index contributed by atoms with van der Waals surface area (Å²) in [5, 5.41) is 2.61. The average molecular weight is 362 g/mol. The SMILES string of the molecule is CCCn1c(=O)c(NC(=O)C2C3CC4OC(=O)C2C4C3)c(N)n(C)c1=O. The maximum Gasteiger partial charge on any atom is 0.332 e. The number of nitrogens with one attached hydrogen (secondary N) is 1.